The van der Waals surface area contributed by atoms with Gasteiger partial charge in [0.1, 0.15) is 6.54 Å². The number of nitrogens with zero attached hydrogens (tertiary/aromatic N) is 1. The van der Waals surface area contributed by atoms with Gasteiger partial charge in [0.15, 0.2) is 0 Å². The molecule has 0 heterocycles. The predicted octanol–water partition coefficient (Wildman–Crippen LogP) is 0.616. The molecule has 0 saturated carbocycles. The molecule has 0 aliphatic rings. The summed E-state index contributed by atoms with van der Waals surface area (Å²) in [7, 11) is 0. The van der Waals surface area contributed by atoms with Gasteiger partial charge in [-0.15, -0.1) is 6.42 Å². The van der Waals surface area contributed by atoms with Gasteiger partial charge in [-0.1, -0.05) is 29.7 Å². The largest absolute Gasteiger partial charge is 0.480 e. The second-order valence-electron chi connectivity index (χ2n) is 4.01. The van der Waals surface area contributed by atoms with Crippen molar-refractivity contribution in [2.75, 3.05) is 19.6 Å². The van der Waals surface area contributed by atoms with Crippen LogP contribution in [0.3, 0.4) is 0 Å². The highest BCUT2D eigenvalue weighted by atomic mass is 35.5. The average Bonchev–Trinajstić information content (AvgIpc) is 2.44. The van der Waals surface area contributed by atoms with Crippen molar-refractivity contribution in [3.05, 3.63) is 34.9 Å². The molecule has 0 aliphatic heterocycles. The maximum atomic E-state index is 11.8. The van der Waals surface area contributed by atoms with Crippen molar-refractivity contribution in [3.63, 3.8) is 0 Å². The number of terminal acetylenes is 1. The Labute approximate surface area is 126 Å². The van der Waals surface area contributed by atoms with Gasteiger partial charge >= 0.3 is 5.97 Å². The summed E-state index contributed by atoms with van der Waals surface area (Å²) < 4.78 is 0. The molecular formula is C14H13ClN2O4. The first-order chi connectivity index (χ1) is 9.95. The Morgan fingerprint density at radius 3 is 2.57 bits per heavy atom. The Balaban J connectivity index is 2.63. The van der Waals surface area contributed by atoms with E-state index in [1.807, 2.05) is 0 Å². The number of rotatable bonds is 6. The zero-order valence-corrected chi connectivity index (χ0v) is 11.8. The van der Waals surface area contributed by atoms with Gasteiger partial charge in [0.2, 0.25) is 5.91 Å². The van der Waals surface area contributed by atoms with E-state index in [1.165, 1.54) is 6.07 Å². The standard InChI is InChI=1S/C14H13ClN2O4/c1-2-7-17(9-13(19)20)12(18)8-16-14(21)10-5-3-4-6-11(10)15/h1,3-6H,7-9H2,(H,16,21)(H,19,20). The van der Waals surface area contributed by atoms with E-state index < -0.39 is 24.3 Å². The topological polar surface area (TPSA) is 86.7 Å². The zero-order chi connectivity index (χ0) is 15.8. The van der Waals surface area contributed by atoms with Gasteiger partial charge in [-0.2, -0.15) is 0 Å². The van der Waals surface area contributed by atoms with Crippen LogP contribution in [0.2, 0.25) is 5.02 Å². The lowest BCUT2D eigenvalue weighted by molar-refractivity contribution is -0.143. The van der Waals surface area contributed by atoms with Crippen molar-refractivity contribution in [2.24, 2.45) is 0 Å². The van der Waals surface area contributed by atoms with Crippen LogP contribution in [0.1, 0.15) is 10.4 Å². The first-order valence-corrected chi connectivity index (χ1v) is 6.29. The van der Waals surface area contributed by atoms with Crippen LogP contribution in [-0.4, -0.2) is 47.4 Å². The van der Waals surface area contributed by atoms with E-state index in [9.17, 15) is 14.4 Å². The summed E-state index contributed by atoms with van der Waals surface area (Å²) >= 11 is 5.86. The van der Waals surface area contributed by atoms with Crippen molar-refractivity contribution < 1.29 is 19.5 Å². The van der Waals surface area contributed by atoms with E-state index in [2.05, 4.69) is 11.2 Å². The molecule has 2 N–H and O–H groups in total. The fourth-order valence-electron chi connectivity index (χ4n) is 1.51. The highest BCUT2D eigenvalue weighted by Crippen LogP contribution is 2.14. The highest BCUT2D eigenvalue weighted by Gasteiger charge is 2.17. The molecule has 0 bridgehead atoms. The number of hydrogen-bond donors (Lipinski definition) is 2. The molecule has 0 unspecified atom stereocenters. The molecule has 0 aliphatic carbocycles. The summed E-state index contributed by atoms with van der Waals surface area (Å²) in [4.78, 5) is 35.2. The predicted molar refractivity (Wildman–Crippen MR) is 76.8 cm³/mol. The molecule has 6 nitrogen and oxygen atoms in total. The molecule has 0 aromatic heterocycles. The quantitative estimate of drug-likeness (QED) is 0.754. The van der Waals surface area contributed by atoms with Gasteiger partial charge in [0, 0.05) is 0 Å². The summed E-state index contributed by atoms with van der Waals surface area (Å²) in [6.07, 6.45) is 5.07. The molecule has 0 saturated heterocycles. The third-order valence-electron chi connectivity index (χ3n) is 2.48. The second kappa shape index (κ2) is 7.92. The maximum Gasteiger partial charge on any atom is 0.323 e. The number of carbonyl (C=O) groups is 3. The SMILES string of the molecule is C#CCN(CC(=O)O)C(=O)CNC(=O)c1ccccc1Cl. The normalized spacial score (nSPS) is 9.52. The number of amides is 2. The molecule has 110 valence electrons. The average molecular weight is 309 g/mol. The lowest BCUT2D eigenvalue weighted by Gasteiger charge is -2.18. The Bertz CT molecular complexity index is 595. The van der Waals surface area contributed by atoms with Crippen molar-refractivity contribution >= 4 is 29.4 Å². The van der Waals surface area contributed by atoms with Gasteiger partial charge in [-0.3, -0.25) is 14.4 Å². The molecule has 0 radical (unpaired) electrons. The Morgan fingerprint density at radius 1 is 1.33 bits per heavy atom. The Kier molecular flexibility index (Phi) is 6.24. The lowest BCUT2D eigenvalue weighted by Crippen LogP contribution is -2.42. The fraction of sp³-hybridized carbons (Fsp3) is 0.214. The zero-order valence-electron chi connectivity index (χ0n) is 11.0. The number of aliphatic carboxylic acids is 1. The molecular weight excluding hydrogens is 296 g/mol. The van der Waals surface area contributed by atoms with Gasteiger partial charge in [-0.05, 0) is 12.1 Å². The highest BCUT2D eigenvalue weighted by molar-refractivity contribution is 6.33. The van der Waals surface area contributed by atoms with Crippen molar-refractivity contribution in [3.8, 4) is 12.3 Å². The second-order valence-corrected chi connectivity index (χ2v) is 4.42. The molecule has 0 fully saturated rings. The molecule has 1 aromatic carbocycles. The number of nitrogens with one attached hydrogen (secondary N) is 1. The van der Waals surface area contributed by atoms with Gasteiger partial charge in [-0.25, -0.2) is 0 Å². The molecule has 0 atom stereocenters. The first kappa shape index (κ1) is 16.5. The fourth-order valence-corrected chi connectivity index (χ4v) is 1.74. The summed E-state index contributed by atoms with van der Waals surface area (Å²) in [5, 5.41) is 11.3. The summed E-state index contributed by atoms with van der Waals surface area (Å²) in [6.45, 7) is -1.03. The van der Waals surface area contributed by atoms with Crippen LogP contribution >= 0.6 is 11.6 Å². The smallest absolute Gasteiger partial charge is 0.323 e. The summed E-state index contributed by atoms with van der Waals surface area (Å²) in [6, 6.07) is 6.37. The van der Waals surface area contributed by atoms with E-state index in [-0.39, 0.29) is 23.7 Å². The minimum atomic E-state index is -1.18. The van der Waals surface area contributed by atoms with Crippen molar-refractivity contribution in [2.45, 2.75) is 0 Å². The Hall–Kier alpha value is -2.52. The van der Waals surface area contributed by atoms with E-state index in [0.29, 0.717) is 0 Å². The van der Waals surface area contributed by atoms with Crippen LogP contribution < -0.4 is 5.32 Å². The minimum absolute atomic E-state index is 0.146. The summed E-state index contributed by atoms with van der Waals surface area (Å²) in [5.74, 6) is -0.104. The van der Waals surface area contributed by atoms with Gasteiger partial charge < -0.3 is 15.3 Å². The van der Waals surface area contributed by atoms with Crippen LogP contribution in [-0.2, 0) is 9.59 Å². The third-order valence-corrected chi connectivity index (χ3v) is 2.81. The van der Waals surface area contributed by atoms with E-state index in [0.717, 1.165) is 4.90 Å². The number of carboxylic acid groups (broad SMARTS) is 1. The number of hydrogen-bond acceptors (Lipinski definition) is 3. The minimum Gasteiger partial charge on any atom is -0.480 e. The van der Waals surface area contributed by atoms with Gasteiger partial charge in [0.05, 0.1) is 23.7 Å². The molecule has 1 rings (SSSR count). The van der Waals surface area contributed by atoms with E-state index in [4.69, 9.17) is 23.1 Å². The van der Waals surface area contributed by atoms with Crippen molar-refractivity contribution in [1.29, 1.82) is 0 Å². The molecule has 0 spiro atoms. The van der Waals surface area contributed by atoms with Crippen LogP contribution in [0, 0.1) is 12.3 Å². The monoisotopic (exact) mass is 308 g/mol. The van der Waals surface area contributed by atoms with Crippen LogP contribution in [0.25, 0.3) is 0 Å². The maximum absolute atomic E-state index is 11.8. The molecule has 2 amide bonds. The lowest BCUT2D eigenvalue weighted by atomic mass is 10.2. The first-order valence-electron chi connectivity index (χ1n) is 5.91. The van der Waals surface area contributed by atoms with E-state index >= 15 is 0 Å². The Morgan fingerprint density at radius 2 is 2.00 bits per heavy atom. The van der Waals surface area contributed by atoms with Crippen LogP contribution in [0.4, 0.5) is 0 Å². The summed E-state index contributed by atoms with van der Waals surface area (Å²) in [5.41, 5.74) is 0.230. The number of benzene rings is 1. The molecule has 7 heteroatoms. The third kappa shape index (κ3) is 5.16. The molecule has 1 aromatic rings. The molecule has 21 heavy (non-hydrogen) atoms. The number of halogens is 1. The van der Waals surface area contributed by atoms with E-state index in [1.54, 1.807) is 18.2 Å². The van der Waals surface area contributed by atoms with Crippen LogP contribution in [0.5, 0.6) is 0 Å². The van der Waals surface area contributed by atoms with Crippen LogP contribution in [0.15, 0.2) is 24.3 Å². The van der Waals surface area contributed by atoms with Gasteiger partial charge in [0.25, 0.3) is 5.91 Å². The van der Waals surface area contributed by atoms with Crippen molar-refractivity contribution in [1.82, 2.24) is 10.2 Å². The number of carbonyl (C=O) groups excluding carboxylic acids is 2. The number of carboxylic acids is 1.